The van der Waals surface area contributed by atoms with Gasteiger partial charge < -0.3 is 5.73 Å². The summed E-state index contributed by atoms with van der Waals surface area (Å²) >= 11 is 0. The largest absolute Gasteiger partial charge is 0.416 e. The number of nitrogens with two attached hydrogens (primary N) is 1. The highest BCUT2D eigenvalue weighted by atomic mass is 19.4. The Bertz CT molecular complexity index is 967. The third-order valence-corrected chi connectivity index (χ3v) is 5.33. The molecule has 0 saturated carbocycles. The second kappa shape index (κ2) is 6.92. The maximum atomic E-state index is 13.7. The third kappa shape index (κ3) is 3.51. The third-order valence-electron chi connectivity index (χ3n) is 5.33. The molecule has 29 heavy (non-hydrogen) atoms. The number of nitriles is 1. The number of Topliss-reactive ketones (excluding diaryl/α,β-unsaturated/α-hetero) is 1. The van der Waals surface area contributed by atoms with Crippen LogP contribution in [0.5, 0.6) is 0 Å². The summed E-state index contributed by atoms with van der Waals surface area (Å²) < 4.78 is 41.2. The predicted octanol–water partition coefficient (Wildman–Crippen LogP) is 3.92. The van der Waals surface area contributed by atoms with Crippen molar-refractivity contribution in [3.05, 3.63) is 58.1 Å². The summed E-state index contributed by atoms with van der Waals surface area (Å²) in [5, 5.41) is 13.0. The fraction of sp³-hybridized carbons (Fsp3) is 0.429. The molecule has 0 amide bonds. The normalized spacial score (nSPS) is 22.1. The summed E-state index contributed by atoms with van der Waals surface area (Å²) in [5.74, 6) is -1.36. The van der Waals surface area contributed by atoms with Gasteiger partial charge in [0.25, 0.3) is 0 Å². The number of alkyl halides is 3. The number of hydrogen-bond donors (Lipinski definition) is 1. The first kappa shape index (κ1) is 20.9. The molecule has 154 valence electrons. The molecule has 0 radical (unpaired) electrons. The number of carbonyl (C=O) groups excluding carboxylic acids is 1. The molecule has 0 saturated heterocycles. The lowest BCUT2D eigenvalue weighted by atomic mass is 9.68. The van der Waals surface area contributed by atoms with Crippen molar-refractivity contribution in [2.45, 2.75) is 38.8 Å². The van der Waals surface area contributed by atoms with Crippen LogP contribution in [0.15, 0.2) is 46.9 Å². The second-order valence-electron chi connectivity index (χ2n) is 8.39. The van der Waals surface area contributed by atoms with Gasteiger partial charge in [-0.1, -0.05) is 32.0 Å². The number of carbonyl (C=O) groups is 1. The minimum atomic E-state index is -4.62. The Morgan fingerprint density at radius 3 is 2.41 bits per heavy atom. The maximum Gasteiger partial charge on any atom is 0.416 e. The molecule has 1 aromatic rings. The molecule has 1 atom stereocenters. The first-order valence-corrected chi connectivity index (χ1v) is 9.18. The fourth-order valence-corrected chi connectivity index (χ4v) is 4.27. The van der Waals surface area contributed by atoms with E-state index in [9.17, 15) is 23.2 Å². The van der Waals surface area contributed by atoms with Crippen molar-refractivity contribution in [3.8, 4) is 6.07 Å². The topological polar surface area (TPSA) is 73.4 Å². The number of ketones is 1. The summed E-state index contributed by atoms with van der Waals surface area (Å²) in [6.45, 7) is 3.86. The number of halogens is 3. The van der Waals surface area contributed by atoms with Crippen molar-refractivity contribution in [2.24, 2.45) is 11.1 Å². The van der Waals surface area contributed by atoms with E-state index in [0.29, 0.717) is 12.1 Å². The Morgan fingerprint density at radius 2 is 1.86 bits per heavy atom. The highest BCUT2D eigenvalue weighted by Gasteiger charge is 2.47. The van der Waals surface area contributed by atoms with Gasteiger partial charge in [0.05, 0.1) is 23.1 Å². The number of hydrazine groups is 1. The summed E-state index contributed by atoms with van der Waals surface area (Å²) in [6, 6.07) is 7.03. The number of nitrogens with zero attached hydrogens (tertiary/aromatic N) is 3. The van der Waals surface area contributed by atoms with Gasteiger partial charge >= 0.3 is 6.18 Å². The lowest BCUT2D eigenvalue weighted by molar-refractivity contribution is -0.138. The summed E-state index contributed by atoms with van der Waals surface area (Å²) in [7, 11) is 3.42. The van der Waals surface area contributed by atoms with Crippen molar-refractivity contribution < 1.29 is 18.0 Å². The minimum Gasteiger partial charge on any atom is -0.383 e. The average molecular weight is 404 g/mol. The molecular weight excluding hydrogens is 381 g/mol. The van der Waals surface area contributed by atoms with Crippen LogP contribution in [-0.2, 0) is 11.0 Å². The van der Waals surface area contributed by atoms with Crippen LogP contribution < -0.4 is 5.73 Å². The second-order valence-corrected chi connectivity index (χ2v) is 8.39. The van der Waals surface area contributed by atoms with Crippen molar-refractivity contribution in [3.63, 3.8) is 0 Å². The van der Waals surface area contributed by atoms with Crippen LogP contribution in [0.3, 0.4) is 0 Å². The minimum absolute atomic E-state index is 0.0451. The molecule has 1 aromatic carbocycles. The van der Waals surface area contributed by atoms with E-state index in [4.69, 9.17) is 5.73 Å². The van der Waals surface area contributed by atoms with Crippen molar-refractivity contribution in [2.75, 3.05) is 14.1 Å². The Kier molecular flexibility index (Phi) is 4.99. The van der Waals surface area contributed by atoms with E-state index in [-0.39, 0.29) is 40.1 Å². The van der Waals surface area contributed by atoms with Crippen LogP contribution in [0.25, 0.3) is 0 Å². The van der Waals surface area contributed by atoms with Gasteiger partial charge in [-0.3, -0.25) is 9.80 Å². The van der Waals surface area contributed by atoms with E-state index in [1.807, 2.05) is 19.9 Å². The molecule has 1 aliphatic carbocycles. The monoisotopic (exact) mass is 404 g/mol. The zero-order valence-electron chi connectivity index (χ0n) is 16.8. The number of benzene rings is 1. The molecule has 8 heteroatoms. The Balaban J connectivity index is 2.36. The fourth-order valence-electron chi connectivity index (χ4n) is 4.27. The maximum absolute atomic E-state index is 13.7. The van der Waals surface area contributed by atoms with Gasteiger partial charge in [-0.25, -0.2) is 5.01 Å². The van der Waals surface area contributed by atoms with E-state index >= 15 is 0 Å². The van der Waals surface area contributed by atoms with Gasteiger partial charge in [0, 0.05) is 31.8 Å². The standard InChI is InChI=1S/C21H23F3N4O/c1-20(2)9-15-18(16(29)10-20)17(13(11-25)19(26)28(15)27(3)4)12-7-5-6-8-14(12)21(22,23)24/h5-8,17H,9-10,26H2,1-4H3/t17-/m0/s1. The molecule has 1 aliphatic heterocycles. The van der Waals surface area contributed by atoms with E-state index in [2.05, 4.69) is 0 Å². The van der Waals surface area contributed by atoms with Crippen LogP contribution in [0, 0.1) is 16.7 Å². The number of allylic oxidation sites excluding steroid dienone is 3. The molecular formula is C21H23F3N4O. The molecule has 0 bridgehead atoms. The molecule has 0 fully saturated rings. The lowest BCUT2D eigenvalue weighted by Gasteiger charge is -2.45. The Morgan fingerprint density at radius 1 is 1.24 bits per heavy atom. The lowest BCUT2D eigenvalue weighted by Crippen LogP contribution is -2.47. The SMILES string of the molecule is CN(C)N1C(N)=C(C#N)[C@H](c2ccccc2C(F)(F)F)C2=C1CC(C)(C)CC2=O. The van der Waals surface area contributed by atoms with E-state index in [1.54, 1.807) is 24.1 Å². The smallest absolute Gasteiger partial charge is 0.383 e. The molecule has 3 rings (SSSR count). The van der Waals surface area contributed by atoms with E-state index in [0.717, 1.165) is 6.07 Å². The molecule has 2 N–H and O–H groups in total. The van der Waals surface area contributed by atoms with Crippen molar-refractivity contribution in [1.82, 2.24) is 10.0 Å². The van der Waals surface area contributed by atoms with E-state index < -0.39 is 17.7 Å². The summed E-state index contributed by atoms with van der Waals surface area (Å²) in [6.07, 6.45) is -3.98. The highest BCUT2D eigenvalue weighted by Crippen LogP contribution is 2.50. The predicted molar refractivity (Wildman–Crippen MR) is 102 cm³/mol. The van der Waals surface area contributed by atoms with Crippen LogP contribution in [0.1, 0.15) is 43.7 Å². The average Bonchev–Trinajstić information content (AvgIpc) is 2.58. The van der Waals surface area contributed by atoms with Gasteiger partial charge in [-0.05, 0) is 23.5 Å². The summed E-state index contributed by atoms with van der Waals surface area (Å²) in [5.41, 5.74) is 5.63. The molecule has 1 heterocycles. The Hall–Kier alpha value is -2.79. The van der Waals surface area contributed by atoms with Gasteiger partial charge in [0.2, 0.25) is 0 Å². The van der Waals surface area contributed by atoms with Gasteiger partial charge in [-0.15, -0.1) is 0 Å². The van der Waals surface area contributed by atoms with Crippen LogP contribution in [0.4, 0.5) is 13.2 Å². The highest BCUT2D eigenvalue weighted by molar-refractivity contribution is 6.00. The van der Waals surface area contributed by atoms with Crippen molar-refractivity contribution in [1.29, 1.82) is 5.26 Å². The summed E-state index contributed by atoms with van der Waals surface area (Å²) in [4.78, 5) is 13.2. The molecule has 2 aliphatic rings. The first-order valence-electron chi connectivity index (χ1n) is 9.18. The molecule has 0 spiro atoms. The zero-order chi connectivity index (χ0) is 21.7. The van der Waals surface area contributed by atoms with Crippen molar-refractivity contribution >= 4 is 5.78 Å². The first-order chi connectivity index (χ1) is 13.4. The molecule has 5 nitrogen and oxygen atoms in total. The van der Waals surface area contributed by atoms with Crippen LogP contribution in [-0.4, -0.2) is 29.9 Å². The quantitative estimate of drug-likeness (QED) is 0.809. The Labute approximate surface area is 167 Å². The van der Waals surface area contributed by atoms with E-state index in [1.165, 1.54) is 18.2 Å². The van der Waals surface area contributed by atoms with Crippen LogP contribution >= 0.6 is 0 Å². The molecule has 0 aromatic heterocycles. The van der Waals surface area contributed by atoms with Gasteiger partial charge in [0.15, 0.2) is 5.78 Å². The van der Waals surface area contributed by atoms with Crippen LogP contribution in [0.2, 0.25) is 0 Å². The zero-order valence-corrected chi connectivity index (χ0v) is 16.8. The molecule has 0 unspecified atom stereocenters. The van der Waals surface area contributed by atoms with Gasteiger partial charge in [-0.2, -0.15) is 18.4 Å². The number of hydrogen-bond acceptors (Lipinski definition) is 5. The number of rotatable bonds is 2. The van der Waals surface area contributed by atoms with Gasteiger partial charge in [0.1, 0.15) is 5.82 Å².